The molecule has 0 spiro atoms. The first-order valence-electron chi connectivity index (χ1n) is 3.35. The van der Waals surface area contributed by atoms with Gasteiger partial charge in [0.05, 0.1) is 17.3 Å². The lowest BCUT2D eigenvalue weighted by atomic mass is 10.3. The average molecular weight is 271 g/mol. The highest BCUT2D eigenvalue weighted by molar-refractivity contribution is 9.10. The summed E-state index contributed by atoms with van der Waals surface area (Å²) < 4.78 is 24.8. The van der Waals surface area contributed by atoms with E-state index in [4.69, 9.17) is 17.3 Å². The van der Waals surface area contributed by atoms with Gasteiger partial charge in [0.25, 0.3) is 6.43 Å². The van der Waals surface area contributed by atoms with Gasteiger partial charge in [-0.3, -0.25) is 0 Å². The number of anilines is 1. The Balaban J connectivity index is 3.22. The Morgan fingerprint density at radius 3 is 2.69 bits per heavy atom. The topological polar surface area (TPSA) is 38.9 Å². The number of hydrogen-bond acceptors (Lipinski definition) is 2. The molecule has 0 aliphatic rings. The Labute approximate surface area is 87.2 Å². The van der Waals surface area contributed by atoms with Crippen LogP contribution < -0.4 is 5.73 Å². The first kappa shape index (κ1) is 10.7. The van der Waals surface area contributed by atoms with Crippen molar-refractivity contribution < 1.29 is 8.78 Å². The zero-order valence-electron chi connectivity index (χ0n) is 6.40. The van der Waals surface area contributed by atoms with E-state index in [1.807, 2.05) is 0 Å². The van der Waals surface area contributed by atoms with Gasteiger partial charge >= 0.3 is 0 Å². The van der Waals surface area contributed by atoms with E-state index in [-0.39, 0.29) is 21.7 Å². The highest BCUT2D eigenvalue weighted by Crippen LogP contribution is 2.28. The number of nitrogen functional groups attached to an aromatic ring is 1. The second kappa shape index (κ2) is 4.19. The average Bonchev–Trinajstić information content (AvgIpc) is 2.03. The SMILES string of the molecule is Nc1cc(Br)c(C(F)F)nc1CCl. The number of hydrogen-bond donors (Lipinski definition) is 1. The zero-order chi connectivity index (χ0) is 10.0. The van der Waals surface area contributed by atoms with Gasteiger partial charge in [-0.05, 0) is 22.0 Å². The van der Waals surface area contributed by atoms with Gasteiger partial charge in [-0.2, -0.15) is 0 Å². The first-order valence-corrected chi connectivity index (χ1v) is 4.68. The van der Waals surface area contributed by atoms with Crippen molar-refractivity contribution in [3.63, 3.8) is 0 Å². The predicted molar refractivity (Wildman–Crippen MR) is 50.9 cm³/mol. The molecule has 1 aromatic rings. The van der Waals surface area contributed by atoms with E-state index in [1.54, 1.807) is 0 Å². The summed E-state index contributed by atoms with van der Waals surface area (Å²) in [6.45, 7) is 0. The zero-order valence-corrected chi connectivity index (χ0v) is 8.74. The summed E-state index contributed by atoms with van der Waals surface area (Å²) in [7, 11) is 0. The fraction of sp³-hybridized carbons (Fsp3) is 0.286. The Bertz CT molecular complexity index is 320. The van der Waals surface area contributed by atoms with Gasteiger partial charge in [-0.15, -0.1) is 11.6 Å². The van der Waals surface area contributed by atoms with Crippen molar-refractivity contribution >= 4 is 33.2 Å². The standard InChI is InChI=1S/C7H6BrClF2N2/c8-3-1-4(12)5(2-9)13-6(3)7(10)11/h1,7H,2,12H2. The molecular formula is C7H6BrClF2N2. The number of alkyl halides is 3. The molecule has 0 saturated carbocycles. The van der Waals surface area contributed by atoms with Gasteiger partial charge in [-0.1, -0.05) is 0 Å². The summed E-state index contributed by atoms with van der Waals surface area (Å²) in [5.74, 6) is 0.0266. The van der Waals surface area contributed by atoms with Crippen LogP contribution >= 0.6 is 27.5 Å². The van der Waals surface area contributed by atoms with Gasteiger partial charge < -0.3 is 5.73 Å². The lowest BCUT2D eigenvalue weighted by Crippen LogP contribution is -2.01. The molecule has 13 heavy (non-hydrogen) atoms. The smallest absolute Gasteiger partial charge is 0.281 e. The minimum absolute atomic E-state index is 0.0266. The molecule has 6 heteroatoms. The first-order chi connectivity index (χ1) is 6.06. The maximum atomic E-state index is 12.3. The van der Waals surface area contributed by atoms with Gasteiger partial charge in [0.1, 0.15) is 5.69 Å². The Hall–Kier alpha value is -0.420. The molecule has 0 amide bonds. The van der Waals surface area contributed by atoms with Crippen LogP contribution in [0.25, 0.3) is 0 Å². The van der Waals surface area contributed by atoms with E-state index in [0.29, 0.717) is 5.69 Å². The number of aromatic nitrogens is 1. The molecule has 2 nitrogen and oxygen atoms in total. The molecule has 2 N–H and O–H groups in total. The second-order valence-corrected chi connectivity index (χ2v) is 3.45. The van der Waals surface area contributed by atoms with Crippen LogP contribution in [-0.2, 0) is 5.88 Å². The van der Waals surface area contributed by atoms with E-state index in [9.17, 15) is 8.78 Å². The van der Waals surface area contributed by atoms with Gasteiger partial charge in [0, 0.05) is 4.47 Å². The molecule has 0 radical (unpaired) electrons. The van der Waals surface area contributed by atoms with Crippen LogP contribution in [-0.4, -0.2) is 4.98 Å². The fourth-order valence-corrected chi connectivity index (χ4v) is 1.54. The molecule has 0 fully saturated rings. The Morgan fingerprint density at radius 2 is 2.23 bits per heavy atom. The lowest BCUT2D eigenvalue weighted by molar-refractivity contribution is 0.145. The third kappa shape index (κ3) is 2.28. The minimum atomic E-state index is -2.63. The Kier molecular flexibility index (Phi) is 3.44. The van der Waals surface area contributed by atoms with Crippen molar-refractivity contribution in [3.8, 4) is 0 Å². The van der Waals surface area contributed by atoms with Crippen LogP contribution in [0.3, 0.4) is 0 Å². The maximum absolute atomic E-state index is 12.3. The quantitative estimate of drug-likeness (QED) is 0.840. The molecule has 1 aromatic heterocycles. The van der Waals surface area contributed by atoms with Crippen molar-refractivity contribution in [1.82, 2.24) is 4.98 Å². The van der Waals surface area contributed by atoms with Crippen LogP contribution in [0.15, 0.2) is 10.5 Å². The minimum Gasteiger partial charge on any atom is -0.397 e. The molecule has 72 valence electrons. The number of rotatable bonds is 2. The molecule has 0 aliphatic heterocycles. The maximum Gasteiger partial charge on any atom is 0.281 e. The van der Waals surface area contributed by atoms with Gasteiger partial charge in [0.15, 0.2) is 0 Å². The monoisotopic (exact) mass is 270 g/mol. The molecule has 1 rings (SSSR count). The largest absolute Gasteiger partial charge is 0.397 e. The molecule has 0 atom stereocenters. The van der Waals surface area contributed by atoms with Gasteiger partial charge in [-0.25, -0.2) is 13.8 Å². The van der Waals surface area contributed by atoms with E-state index in [0.717, 1.165) is 0 Å². The van der Waals surface area contributed by atoms with E-state index < -0.39 is 6.43 Å². The van der Waals surface area contributed by atoms with E-state index >= 15 is 0 Å². The molecule has 0 unspecified atom stereocenters. The van der Waals surface area contributed by atoms with Crippen LogP contribution in [0.4, 0.5) is 14.5 Å². The summed E-state index contributed by atoms with van der Waals surface area (Å²) in [5, 5.41) is 0. The van der Waals surface area contributed by atoms with Crippen LogP contribution in [0.1, 0.15) is 17.8 Å². The Morgan fingerprint density at radius 1 is 1.62 bits per heavy atom. The van der Waals surface area contributed by atoms with Crippen LogP contribution in [0.5, 0.6) is 0 Å². The molecular weight excluding hydrogens is 265 g/mol. The molecule has 0 bridgehead atoms. The summed E-state index contributed by atoms with van der Waals surface area (Å²) in [5.41, 5.74) is 5.74. The van der Waals surface area contributed by atoms with Gasteiger partial charge in [0.2, 0.25) is 0 Å². The van der Waals surface area contributed by atoms with Crippen molar-refractivity contribution in [3.05, 3.63) is 21.9 Å². The lowest BCUT2D eigenvalue weighted by Gasteiger charge is -2.06. The summed E-state index contributed by atoms with van der Waals surface area (Å²) in [6, 6.07) is 1.38. The summed E-state index contributed by atoms with van der Waals surface area (Å²) >= 11 is 8.40. The number of halogens is 4. The summed E-state index contributed by atoms with van der Waals surface area (Å²) in [4.78, 5) is 3.64. The van der Waals surface area contributed by atoms with Crippen molar-refractivity contribution in [2.24, 2.45) is 0 Å². The third-order valence-corrected chi connectivity index (χ3v) is 2.34. The molecule has 0 saturated heterocycles. The van der Waals surface area contributed by atoms with Crippen molar-refractivity contribution in [2.75, 3.05) is 5.73 Å². The highest BCUT2D eigenvalue weighted by atomic mass is 79.9. The molecule has 0 aromatic carbocycles. The van der Waals surface area contributed by atoms with Crippen molar-refractivity contribution in [2.45, 2.75) is 12.3 Å². The van der Waals surface area contributed by atoms with Crippen molar-refractivity contribution in [1.29, 1.82) is 0 Å². The van der Waals surface area contributed by atoms with Crippen LogP contribution in [0, 0.1) is 0 Å². The number of nitrogens with two attached hydrogens (primary N) is 1. The third-order valence-electron chi connectivity index (χ3n) is 1.45. The molecule has 0 aliphatic carbocycles. The number of pyridine rings is 1. The highest BCUT2D eigenvalue weighted by Gasteiger charge is 2.15. The van der Waals surface area contributed by atoms with Crippen LogP contribution in [0.2, 0.25) is 0 Å². The normalized spacial score (nSPS) is 10.8. The van der Waals surface area contributed by atoms with E-state index in [1.165, 1.54) is 6.07 Å². The van der Waals surface area contributed by atoms with E-state index in [2.05, 4.69) is 20.9 Å². The number of nitrogens with zero attached hydrogens (tertiary/aromatic N) is 1. The molecule has 1 heterocycles. The fourth-order valence-electron chi connectivity index (χ4n) is 0.817. The summed E-state index contributed by atoms with van der Waals surface area (Å²) in [6.07, 6.45) is -2.63. The predicted octanol–water partition coefficient (Wildman–Crippen LogP) is 3.10. The second-order valence-electron chi connectivity index (χ2n) is 2.33.